The second-order valence-electron chi connectivity index (χ2n) is 5.00. The summed E-state index contributed by atoms with van der Waals surface area (Å²) in [6, 6.07) is 16.5. The highest BCUT2D eigenvalue weighted by atomic mass is 16.1. The first-order valence-electron chi connectivity index (χ1n) is 6.98. The molecule has 0 bridgehead atoms. The van der Waals surface area contributed by atoms with Gasteiger partial charge < -0.3 is 4.40 Å². The Kier molecular flexibility index (Phi) is 3.38. The van der Waals surface area contributed by atoms with E-state index >= 15 is 0 Å². The van der Waals surface area contributed by atoms with Gasteiger partial charge in [0.15, 0.2) is 6.29 Å². The van der Waals surface area contributed by atoms with E-state index in [1.54, 1.807) is 0 Å². The first-order chi connectivity index (χ1) is 9.83. The number of hydrogen-bond acceptors (Lipinski definition) is 1. The number of nitrogens with zero attached hydrogens (tertiary/aromatic N) is 1. The van der Waals surface area contributed by atoms with Gasteiger partial charge >= 0.3 is 0 Å². The van der Waals surface area contributed by atoms with Crippen LogP contribution in [0.3, 0.4) is 0 Å². The number of benzene rings is 1. The summed E-state index contributed by atoms with van der Waals surface area (Å²) >= 11 is 0. The van der Waals surface area contributed by atoms with Crippen LogP contribution >= 0.6 is 0 Å². The second-order valence-corrected chi connectivity index (χ2v) is 5.00. The monoisotopic (exact) mass is 263 g/mol. The molecule has 0 atom stereocenters. The average Bonchev–Trinajstić information content (AvgIpc) is 2.87. The van der Waals surface area contributed by atoms with Crippen LogP contribution in [0.5, 0.6) is 0 Å². The van der Waals surface area contributed by atoms with Crippen molar-refractivity contribution in [2.24, 2.45) is 0 Å². The van der Waals surface area contributed by atoms with Crippen LogP contribution in [0.25, 0.3) is 16.6 Å². The molecule has 2 heterocycles. The molecule has 0 aliphatic rings. The van der Waals surface area contributed by atoms with Crippen LogP contribution in [0, 0.1) is 0 Å². The van der Waals surface area contributed by atoms with Crippen molar-refractivity contribution in [3.63, 3.8) is 0 Å². The molecule has 0 fully saturated rings. The maximum atomic E-state index is 11.4. The Morgan fingerprint density at radius 3 is 2.60 bits per heavy atom. The van der Waals surface area contributed by atoms with Crippen molar-refractivity contribution >= 4 is 11.8 Å². The van der Waals surface area contributed by atoms with Crippen LogP contribution in [0.2, 0.25) is 0 Å². The zero-order valence-electron chi connectivity index (χ0n) is 11.5. The second kappa shape index (κ2) is 5.33. The highest BCUT2D eigenvalue weighted by Crippen LogP contribution is 2.27. The van der Waals surface area contributed by atoms with Crippen LogP contribution in [0.15, 0.2) is 54.7 Å². The molecule has 2 nitrogen and oxygen atoms in total. The molecular weight excluding hydrogens is 246 g/mol. The Labute approximate surface area is 118 Å². The number of rotatable bonds is 4. The van der Waals surface area contributed by atoms with Crippen molar-refractivity contribution in [3.8, 4) is 11.1 Å². The van der Waals surface area contributed by atoms with E-state index in [1.165, 1.54) is 5.56 Å². The maximum Gasteiger partial charge on any atom is 0.167 e. The zero-order valence-corrected chi connectivity index (χ0v) is 11.5. The largest absolute Gasteiger partial charge is 0.314 e. The Bertz CT molecular complexity index is 738. The highest BCUT2D eigenvalue weighted by molar-refractivity contribution is 5.89. The lowest BCUT2D eigenvalue weighted by molar-refractivity contribution is 0.111. The normalized spacial score (nSPS) is 10.8. The van der Waals surface area contributed by atoms with Gasteiger partial charge in [-0.1, -0.05) is 43.7 Å². The number of carbonyl (C=O) groups excluding carboxylic acids is 1. The van der Waals surface area contributed by atoms with E-state index in [0.29, 0.717) is 5.69 Å². The molecule has 0 aliphatic carbocycles. The third kappa shape index (κ3) is 2.14. The third-order valence-electron chi connectivity index (χ3n) is 3.63. The Morgan fingerprint density at radius 1 is 1.10 bits per heavy atom. The quantitative estimate of drug-likeness (QED) is 0.640. The number of carbonyl (C=O) groups is 1. The predicted molar refractivity (Wildman–Crippen MR) is 82.2 cm³/mol. The fraction of sp³-hybridized carbons (Fsp3) is 0.167. The smallest absolute Gasteiger partial charge is 0.167 e. The summed E-state index contributed by atoms with van der Waals surface area (Å²) in [5.41, 5.74) is 5.18. The van der Waals surface area contributed by atoms with Crippen molar-refractivity contribution < 1.29 is 4.79 Å². The van der Waals surface area contributed by atoms with Crippen LogP contribution in [0.4, 0.5) is 0 Å². The van der Waals surface area contributed by atoms with Crippen molar-refractivity contribution in [1.29, 1.82) is 0 Å². The summed E-state index contributed by atoms with van der Waals surface area (Å²) in [5.74, 6) is 0. The molecule has 100 valence electrons. The molecule has 1 aromatic carbocycles. The molecule has 0 N–H and O–H groups in total. The van der Waals surface area contributed by atoms with Gasteiger partial charge in [0.2, 0.25) is 0 Å². The molecule has 0 amide bonds. The molecule has 0 aliphatic heterocycles. The number of pyridine rings is 1. The zero-order chi connectivity index (χ0) is 13.9. The summed E-state index contributed by atoms with van der Waals surface area (Å²) in [7, 11) is 0. The number of aldehydes is 1. The Hall–Kier alpha value is -2.35. The Balaban J connectivity index is 2.11. The van der Waals surface area contributed by atoms with E-state index in [2.05, 4.69) is 37.3 Å². The van der Waals surface area contributed by atoms with Gasteiger partial charge in [-0.05, 0) is 35.7 Å². The van der Waals surface area contributed by atoms with E-state index in [1.807, 2.05) is 28.8 Å². The van der Waals surface area contributed by atoms with Gasteiger partial charge in [-0.25, -0.2) is 0 Å². The van der Waals surface area contributed by atoms with E-state index in [4.69, 9.17) is 0 Å². The summed E-state index contributed by atoms with van der Waals surface area (Å²) in [6.07, 6.45) is 5.10. The highest BCUT2D eigenvalue weighted by Gasteiger charge is 2.10. The number of hydrogen-bond donors (Lipinski definition) is 0. The molecule has 2 aromatic heterocycles. The van der Waals surface area contributed by atoms with E-state index in [9.17, 15) is 4.79 Å². The van der Waals surface area contributed by atoms with Crippen molar-refractivity contribution in [1.82, 2.24) is 4.40 Å². The minimum Gasteiger partial charge on any atom is -0.314 e. The summed E-state index contributed by atoms with van der Waals surface area (Å²) in [6.45, 7) is 2.18. The standard InChI is InChI=1S/C18H17NO/c1-2-5-14-7-9-15(10-8-14)17-12-16-6-3-4-11-19(16)18(17)13-20/h3-4,6-13H,2,5H2,1H3. The first-order valence-corrected chi connectivity index (χ1v) is 6.98. The van der Waals surface area contributed by atoms with E-state index in [0.717, 1.165) is 35.8 Å². The predicted octanol–water partition coefficient (Wildman–Crippen LogP) is 4.37. The molecule has 0 spiro atoms. The number of aryl methyl sites for hydroxylation is 1. The first kappa shape index (κ1) is 12.7. The van der Waals surface area contributed by atoms with Gasteiger partial charge in [-0.15, -0.1) is 0 Å². The van der Waals surface area contributed by atoms with Gasteiger partial charge in [-0.3, -0.25) is 4.79 Å². The lowest BCUT2D eigenvalue weighted by Gasteiger charge is -2.03. The SMILES string of the molecule is CCCc1ccc(-c2cc3ccccn3c2C=O)cc1. The lowest BCUT2D eigenvalue weighted by atomic mass is 10.0. The minimum absolute atomic E-state index is 0.712. The molecule has 0 radical (unpaired) electrons. The molecule has 0 saturated carbocycles. The lowest BCUT2D eigenvalue weighted by Crippen LogP contribution is -1.91. The van der Waals surface area contributed by atoms with Crippen molar-refractivity contribution in [3.05, 3.63) is 66.0 Å². The molecule has 2 heteroatoms. The minimum atomic E-state index is 0.712. The Morgan fingerprint density at radius 2 is 1.90 bits per heavy atom. The van der Waals surface area contributed by atoms with Gasteiger partial charge in [0, 0.05) is 17.3 Å². The van der Waals surface area contributed by atoms with Gasteiger partial charge in [0.25, 0.3) is 0 Å². The van der Waals surface area contributed by atoms with Gasteiger partial charge in [-0.2, -0.15) is 0 Å². The fourth-order valence-corrected chi connectivity index (χ4v) is 2.64. The van der Waals surface area contributed by atoms with E-state index in [-0.39, 0.29) is 0 Å². The van der Waals surface area contributed by atoms with Gasteiger partial charge in [0.1, 0.15) is 0 Å². The summed E-state index contributed by atoms with van der Waals surface area (Å²) in [4.78, 5) is 11.4. The van der Waals surface area contributed by atoms with E-state index < -0.39 is 0 Å². The number of fused-ring (bicyclic) bond motifs is 1. The summed E-state index contributed by atoms with van der Waals surface area (Å²) < 4.78 is 1.93. The van der Waals surface area contributed by atoms with Gasteiger partial charge in [0.05, 0.1) is 5.69 Å². The third-order valence-corrected chi connectivity index (χ3v) is 3.63. The molecule has 20 heavy (non-hydrogen) atoms. The summed E-state index contributed by atoms with van der Waals surface area (Å²) in [5, 5.41) is 0. The molecular formula is C18H17NO. The maximum absolute atomic E-state index is 11.4. The fourth-order valence-electron chi connectivity index (χ4n) is 2.64. The topological polar surface area (TPSA) is 21.5 Å². The van der Waals surface area contributed by atoms with Crippen molar-refractivity contribution in [2.75, 3.05) is 0 Å². The number of aromatic nitrogens is 1. The van der Waals surface area contributed by atoms with Crippen LogP contribution in [-0.4, -0.2) is 10.7 Å². The van der Waals surface area contributed by atoms with Crippen molar-refractivity contribution in [2.45, 2.75) is 19.8 Å². The molecule has 0 saturated heterocycles. The molecule has 0 unspecified atom stereocenters. The van der Waals surface area contributed by atoms with Crippen LogP contribution in [0.1, 0.15) is 29.4 Å². The molecule has 3 rings (SSSR count). The van der Waals surface area contributed by atoms with Crippen LogP contribution in [-0.2, 0) is 6.42 Å². The molecule has 3 aromatic rings. The average molecular weight is 263 g/mol. The van der Waals surface area contributed by atoms with Crippen LogP contribution < -0.4 is 0 Å².